The molecular weight excluding hydrogens is 116 g/mol. The summed E-state index contributed by atoms with van der Waals surface area (Å²) in [6.07, 6.45) is 1.81. The van der Waals surface area contributed by atoms with Crippen molar-refractivity contribution < 1.29 is 5.11 Å². The van der Waals surface area contributed by atoms with Crippen LogP contribution in [-0.2, 0) is 6.54 Å². The van der Waals surface area contributed by atoms with E-state index in [0.29, 0.717) is 0 Å². The van der Waals surface area contributed by atoms with Gasteiger partial charge >= 0.3 is 0 Å². The summed E-state index contributed by atoms with van der Waals surface area (Å²) in [7, 11) is 0. The SMILES string of the molecule is CCn1cc(C)c(O)n1. The summed E-state index contributed by atoms with van der Waals surface area (Å²) < 4.78 is 1.70. The maximum absolute atomic E-state index is 8.94. The van der Waals surface area contributed by atoms with Gasteiger partial charge in [0.1, 0.15) is 0 Å². The fourth-order valence-electron chi connectivity index (χ4n) is 0.673. The van der Waals surface area contributed by atoms with Crippen LogP contribution in [0.5, 0.6) is 5.88 Å². The van der Waals surface area contributed by atoms with Gasteiger partial charge in [-0.05, 0) is 13.8 Å². The summed E-state index contributed by atoms with van der Waals surface area (Å²) in [5.41, 5.74) is 0.830. The summed E-state index contributed by atoms with van der Waals surface area (Å²) in [5.74, 6) is 0.136. The van der Waals surface area contributed by atoms with E-state index < -0.39 is 0 Å². The Balaban J connectivity index is 2.98. The Hall–Kier alpha value is -0.990. The minimum absolute atomic E-state index is 0.136. The topological polar surface area (TPSA) is 38.0 Å². The van der Waals surface area contributed by atoms with E-state index in [1.165, 1.54) is 0 Å². The zero-order valence-electron chi connectivity index (χ0n) is 5.63. The number of nitrogens with zero attached hydrogens (tertiary/aromatic N) is 2. The molecule has 0 atom stereocenters. The molecule has 1 rings (SSSR count). The van der Waals surface area contributed by atoms with Crippen molar-refractivity contribution in [2.45, 2.75) is 20.4 Å². The third-order valence-electron chi connectivity index (χ3n) is 1.24. The van der Waals surface area contributed by atoms with Crippen molar-refractivity contribution in [1.82, 2.24) is 9.78 Å². The molecule has 0 spiro atoms. The highest BCUT2D eigenvalue weighted by molar-refractivity contribution is 5.18. The summed E-state index contributed by atoms with van der Waals surface area (Å²) in [6, 6.07) is 0. The fraction of sp³-hybridized carbons (Fsp3) is 0.500. The second-order valence-corrected chi connectivity index (χ2v) is 1.99. The zero-order valence-corrected chi connectivity index (χ0v) is 5.63. The lowest BCUT2D eigenvalue weighted by Gasteiger charge is -1.88. The van der Waals surface area contributed by atoms with E-state index in [-0.39, 0.29) is 5.88 Å². The van der Waals surface area contributed by atoms with E-state index in [2.05, 4.69) is 5.10 Å². The van der Waals surface area contributed by atoms with Gasteiger partial charge in [0.15, 0.2) is 0 Å². The van der Waals surface area contributed by atoms with Crippen molar-refractivity contribution in [3.8, 4) is 5.88 Å². The van der Waals surface area contributed by atoms with E-state index >= 15 is 0 Å². The molecule has 0 aromatic carbocycles. The molecule has 1 N–H and O–H groups in total. The number of rotatable bonds is 1. The lowest BCUT2D eigenvalue weighted by atomic mass is 10.4. The van der Waals surface area contributed by atoms with Gasteiger partial charge in [-0.3, -0.25) is 4.68 Å². The molecule has 0 aliphatic carbocycles. The molecule has 0 saturated heterocycles. The van der Waals surface area contributed by atoms with Crippen LogP contribution in [-0.4, -0.2) is 14.9 Å². The highest BCUT2D eigenvalue weighted by atomic mass is 16.3. The Morgan fingerprint density at radius 2 is 2.44 bits per heavy atom. The van der Waals surface area contributed by atoms with Crippen LogP contribution >= 0.6 is 0 Å². The first-order valence-electron chi connectivity index (χ1n) is 2.97. The minimum atomic E-state index is 0.136. The first-order valence-corrected chi connectivity index (χ1v) is 2.97. The van der Waals surface area contributed by atoms with E-state index in [1.807, 2.05) is 20.0 Å². The molecule has 0 aliphatic rings. The van der Waals surface area contributed by atoms with Crippen LogP contribution in [0.15, 0.2) is 6.20 Å². The van der Waals surface area contributed by atoms with Crippen LogP contribution in [0.2, 0.25) is 0 Å². The molecule has 3 heteroatoms. The van der Waals surface area contributed by atoms with Gasteiger partial charge in [0, 0.05) is 18.3 Å². The van der Waals surface area contributed by atoms with Gasteiger partial charge in [0.2, 0.25) is 5.88 Å². The highest BCUT2D eigenvalue weighted by Gasteiger charge is 1.98. The molecule has 0 amide bonds. The van der Waals surface area contributed by atoms with Crippen molar-refractivity contribution in [1.29, 1.82) is 0 Å². The number of hydrogen-bond acceptors (Lipinski definition) is 2. The first-order chi connectivity index (χ1) is 4.24. The average Bonchev–Trinajstić information content (AvgIpc) is 2.13. The van der Waals surface area contributed by atoms with Crippen LogP contribution < -0.4 is 0 Å². The molecular formula is C6H10N2O. The van der Waals surface area contributed by atoms with Gasteiger partial charge in [-0.15, -0.1) is 5.10 Å². The molecule has 1 heterocycles. The number of hydrogen-bond donors (Lipinski definition) is 1. The third-order valence-corrected chi connectivity index (χ3v) is 1.24. The molecule has 0 radical (unpaired) electrons. The van der Waals surface area contributed by atoms with Gasteiger partial charge < -0.3 is 5.11 Å². The Morgan fingerprint density at radius 3 is 2.67 bits per heavy atom. The Kier molecular flexibility index (Phi) is 1.42. The van der Waals surface area contributed by atoms with Crippen LogP contribution in [0.3, 0.4) is 0 Å². The van der Waals surface area contributed by atoms with Crippen molar-refractivity contribution in [2.75, 3.05) is 0 Å². The Labute approximate surface area is 53.9 Å². The predicted octanol–water partition coefficient (Wildman–Crippen LogP) is 0.917. The van der Waals surface area contributed by atoms with Crippen LogP contribution in [0.25, 0.3) is 0 Å². The van der Waals surface area contributed by atoms with Crippen molar-refractivity contribution in [3.05, 3.63) is 11.8 Å². The van der Waals surface area contributed by atoms with Crippen molar-refractivity contribution >= 4 is 0 Å². The summed E-state index contributed by atoms with van der Waals surface area (Å²) in [4.78, 5) is 0. The van der Waals surface area contributed by atoms with Crippen molar-refractivity contribution in [2.24, 2.45) is 0 Å². The van der Waals surface area contributed by atoms with E-state index in [1.54, 1.807) is 4.68 Å². The quantitative estimate of drug-likeness (QED) is 0.607. The minimum Gasteiger partial charge on any atom is -0.492 e. The molecule has 3 nitrogen and oxygen atoms in total. The Morgan fingerprint density at radius 1 is 1.78 bits per heavy atom. The van der Waals surface area contributed by atoms with Crippen molar-refractivity contribution in [3.63, 3.8) is 0 Å². The predicted molar refractivity (Wildman–Crippen MR) is 34.3 cm³/mol. The summed E-state index contributed by atoms with van der Waals surface area (Å²) >= 11 is 0. The van der Waals surface area contributed by atoms with Gasteiger partial charge in [0.05, 0.1) is 0 Å². The van der Waals surface area contributed by atoms with Gasteiger partial charge in [-0.25, -0.2) is 0 Å². The smallest absolute Gasteiger partial charge is 0.233 e. The monoisotopic (exact) mass is 126 g/mol. The second kappa shape index (κ2) is 2.09. The molecule has 1 aromatic heterocycles. The van der Waals surface area contributed by atoms with Crippen LogP contribution in [0.4, 0.5) is 0 Å². The molecule has 0 fully saturated rings. The molecule has 1 aromatic rings. The molecule has 0 aliphatic heterocycles. The third kappa shape index (κ3) is 1.04. The normalized spacial score (nSPS) is 10.0. The first kappa shape index (κ1) is 6.13. The maximum Gasteiger partial charge on any atom is 0.233 e. The highest BCUT2D eigenvalue weighted by Crippen LogP contribution is 2.10. The van der Waals surface area contributed by atoms with Gasteiger partial charge in [-0.1, -0.05) is 0 Å². The van der Waals surface area contributed by atoms with Gasteiger partial charge in [0.25, 0.3) is 0 Å². The average molecular weight is 126 g/mol. The molecule has 50 valence electrons. The molecule has 0 bridgehead atoms. The largest absolute Gasteiger partial charge is 0.492 e. The van der Waals surface area contributed by atoms with E-state index in [0.717, 1.165) is 12.1 Å². The number of aryl methyl sites for hydroxylation is 2. The standard InChI is InChI=1S/C6H10N2O/c1-3-8-4-5(2)6(9)7-8/h4H,3H2,1-2H3,(H,7,9). The number of aromatic hydroxyl groups is 1. The summed E-state index contributed by atoms with van der Waals surface area (Å²) in [6.45, 7) is 4.61. The molecule has 0 unspecified atom stereocenters. The van der Waals surface area contributed by atoms with E-state index in [9.17, 15) is 0 Å². The lowest BCUT2D eigenvalue weighted by Crippen LogP contribution is -1.92. The van der Waals surface area contributed by atoms with E-state index in [4.69, 9.17) is 5.11 Å². The van der Waals surface area contributed by atoms with Gasteiger partial charge in [-0.2, -0.15) is 0 Å². The van der Waals surface area contributed by atoms with Crippen LogP contribution in [0, 0.1) is 6.92 Å². The lowest BCUT2D eigenvalue weighted by molar-refractivity contribution is 0.436. The molecule has 0 saturated carbocycles. The Bertz CT molecular complexity index is 185. The second-order valence-electron chi connectivity index (χ2n) is 1.99. The van der Waals surface area contributed by atoms with Crippen LogP contribution in [0.1, 0.15) is 12.5 Å². The fourth-order valence-corrected chi connectivity index (χ4v) is 0.673. The maximum atomic E-state index is 8.94. The zero-order chi connectivity index (χ0) is 6.85. The molecule has 9 heavy (non-hydrogen) atoms. The number of aromatic nitrogens is 2. The summed E-state index contributed by atoms with van der Waals surface area (Å²) in [5, 5.41) is 12.7.